The molecular weight excluding hydrogens is 433 g/mol. The molecule has 3 rings (SSSR count). The molecule has 2 N–H and O–H groups in total. The van der Waals surface area contributed by atoms with Crippen LogP contribution >= 0.6 is 34.2 Å². The molecule has 0 spiro atoms. The molecule has 0 fully saturated rings. The fourth-order valence-corrected chi connectivity index (χ4v) is 3.54. The van der Waals surface area contributed by atoms with E-state index in [4.69, 9.17) is 17.3 Å². The van der Waals surface area contributed by atoms with Crippen LogP contribution in [0.3, 0.4) is 0 Å². The molecule has 1 aliphatic rings. The molecule has 2 aromatic rings. The lowest BCUT2D eigenvalue weighted by Gasteiger charge is -2.23. The van der Waals surface area contributed by atoms with Gasteiger partial charge in [0.1, 0.15) is 0 Å². The van der Waals surface area contributed by atoms with Gasteiger partial charge in [0.2, 0.25) is 0 Å². The summed E-state index contributed by atoms with van der Waals surface area (Å²) in [5, 5.41) is 0.623. The second kappa shape index (κ2) is 7.64. The maximum atomic E-state index is 12.7. The second-order valence-corrected chi connectivity index (χ2v) is 7.57. The third kappa shape index (κ3) is 4.15. The van der Waals surface area contributed by atoms with Gasteiger partial charge in [-0.15, -0.1) is 0 Å². The molecule has 0 aromatic heterocycles. The zero-order chi connectivity index (χ0) is 17.1. The molecule has 0 heterocycles. The Labute approximate surface area is 160 Å². The highest BCUT2D eigenvalue weighted by Gasteiger charge is 2.21. The van der Waals surface area contributed by atoms with Gasteiger partial charge in [-0.1, -0.05) is 42.0 Å². The van der Waals surface area contributed by atoms with Crippen LogP contribution in [0.1, 0.15) is 15.9 Å². The van der Waals surface area contributed by atoms with E-state index in [0.717, 1.165) is 6.42 Å². The number of Topliss-reactive ketones (excluding diaryl/α,β-unsaturated/α-hetero) is 1. The van der Waals surface area contributed by atoms with Crippen LogP contribution < -0.4 is 5.73 Å². The molecule has 2 atom stereocenters. The minimum absolute atomic E-state index is 0.00228. The van der Waals surface area contributed by atoms with Gasteiger partial charge >= 0.3 is 0 Å². The fourth-order valence-electron chi connectivity index (χ4n) is 2.81. The van der Waals surface area contributed by atoms with Crippen molar-refractivity contribution in [2.45, 2.75) is 12.5 Å². The molecule has 0 aliphatic heterocycles. The molecule has 0 saturated heterocycles. The van der Waals surface area contributed by atoms with E-state index in [1.807, 2.05) is 24.3 Å². The van der Waals surface area contributed by atoms with E-state index >= 15 is 0 Å². The van der Waals surface area contributed by atoms with Crippen LogP contribution in [-0.2, 0) is 6.42 Å². The molecule has 4 heteroatoms. The lowest BCUT2D eigenvalue weighted by Crippen LogP contribution is -2.31. The SMILES string of the molecule is NC1C=CC(C(=O)c2ccc(Cl)cc2)=CC1Cc1cccc(I)c1. The minimum Gasteiger partial charge on any atom is -0.324 e. The molecule has 122 valence electrons. The summed E-state index contributed by atoms with van der Waals surface area (Å²) in [4.78, 5) is 12.7. The first-order chi connectivity index (χ1) is 11.5. The van der Waals surface area contributed by atoms with E-state index in [0.29, 0.717) is 16.2 Å². The summed E-state index contributed by atoms with van der Waals surface area (Å²) in [6.45, 7) is 0. The maximum Gasteiger partial charge on any atom is 0.192 e. The van der Waals surface area contributed by atoms with Gasteiger partial charge in [0.05, 0.1) is 0 Å². The smallest absolute Gasteiger partial charge is 0.192 e. The molecule has 1 aliphatic carbocycles. The summed E-state index contributed by atoms with van der Waals surface area (Å²) in [6.07, 6.45) is 6.57. The van der Waals surface area contributed by atoms with Crippen LogP contribution in [0.15, 0.2) is 72.3 Å². The van der Waals surface area contributed by atoms with E-state index < -0.39 is 0 Å². The van der Waals surface area contributed by atoms with Gasteiger partial charge in [-0.2, -0.15) is 0 Å². The predicted octanol–water partition coefficient (Wildman–Crippen LogP) is 4.81. The molecule has 2 aromatic carbocycles. The van der Waals surface area contributed by atoms with E-state index in [-0.39, 0.29) is 17.7 Å². The lowest BCUT2D eigenvalue weighted by molar-refractivity contribution is 0.103. The third-order valence-corrected chi connectivity index (χ3v) is 5.04. The molecular formula is C20H17ClINO. The summed E-state index contributed by atoms with van der Waals surface area (Å²) in [5.41, 5.74) is 8.78. The first kappa shape index (κ1) is 17.4. The van der Waals surface area contributed by atoms with Gasteiger partial charge in [0.15, 0.2) is 5.78 Å². The number of halogens is 2. The number of benzene rings is 2. The zero-order valence-electron chi connectivity index (χ0n) is 13.0. The highest BCUT2D eigenvalue weighted by Crippen LogP contribution is 2.24. The van der Waals surface area contributed by atoms with Crippen LogP contribution in [-0.4, -0.2) is 11.8 Å². The van der Waals surface area contributed by atoms with Crippen molar-refractivity contribution in [3.63, 3.8) is 0 Å². The number of nitrogens with two attached hydrogens (primary N) is 1. The number of allylic oxidation sites excluding steroid dienone is 2. The highest BCUT2D eigenvalue weighted by molar-refractivity contribution is 14.1. The number of hydrogen-bond donors (Lipinski definition) is 1. The molecule has 0 amide bonds. The summed E-state index contributed by atoms with van der Waals surface area (Å²) >= 11 is 8.19. The number of carbonyl (C=O) groups excluding carboxylic acids is 1. The van der Waals surface area contributed by atoms with Crippen LogP contribution in [0.2, 0.25) is 5.02 Å². The molecule has 0 bridgehead atoms. The standard InChI is InChI=1S/C20H17ClINO/c21-17-7-4-14(5-8-17)20(24)15-6-9-19(23)16(12-15)10-13-2-1-3-18(22)11-13/h1-9,11-12,16,19H,10,23H2. The third-order valence-electron chi connectivity index (χ3n) is 4.12. The monoisotopic (exact) mass is 449 g/mol. The molecule has 0 radical (unpaired) electrons. The first-order valence-electron chi connectivity index (χ1n) is 7.73. The number of rotatable bonds is 4. The Bertz CT molecular complexity index is 811. The van der Waals surface area contributed by atoms with Crippen molar-refractivity contribution in [1.29, 1.82) is 0 Å². The Kier molecular flexibility index (Phi) is 5.54. The Morgan fingerprint density at radius 3 is 2.62 bits per heavy atom. The largest absolute Gasteiger partial charge is 0.324 e. The Balaban J connectivity index is 1.82. The van der Waals surface area contributed by atoms with Gasteiger partial charge < -0.3 is 5.73 Å². The van der Waals surface area contributed by atoms with Crippen molar-refractivity contribution in [2.24, 2.45) is 11.7 Å². The molecule has 2 unspecified atom stereocenters. The quantitative estimate of drug-likeness (QED) is 0.538. The van der Waals surface area contributed by atoms with Crippen molar-refractivity contribution < 1.29 is 4.79 Å². The van der Waals surface area contributed by atoms with Crippen molar-refractivity contribution in [3.8, 4) is 0 Å². The minimum atomic E-state index is -0.0790. The first-order valence-corrected chi connectivity index (χ1v) is 9.19. The Hall–Kier alpha value is -1.43. The average molecular weight is 450 g/mol. The van der Waals surface area contributed by atoms with Crippen molar-refractivity contribution >= 4 is 40.0 Å². The fraction of sp³-hybridized carbons (Fsp3) is 0.150. The summed E-state index contributed by atoms with van der Waals surface area (Å²) < 4.78 is 1.20. The lowest BCUT2D eigenvalue weighted by atomic mass is 9.85. The van der Waals surface area contributed by atoms with Gasteiger partial charge in [-0.25, -0.2) is 0 Å². The molecule has 2 nitrogen and oxygen atoms in total. The van der Waals surface area contributed by atoms with Crippen LogP contribution in [0.25, 0.3) is 0 Å². The van der Waals surface area contributed by atoms with Crippen LogP contribution in [0, 0.1) is 9.49 Å². The number of carbonyl (C=O) groups is 1. The van der Waals surface area contributed by atoms with Crippen molar-refractivity contribution in [2.75, 3.05) is 0 Å². The predicted molar refractivity (Wildman–Crippen MR) is 107 cm³/mol. The van der Waals surface area contributed by atoms with E-state index in [1.165, 1.54) is 9.13 Å². The van der Waals surface area contributed by atoms with Gasteiger partial charge in [-0.05, 0) is 71.0 Å². The zero-order valence-corrected chi connectivity index (χ0v) is 15.9. The number of hydrogen-bond acceptors (Lipinski definition) is 2. The average Bonchev–Trinajstić information content (AvgIpc) is 2.57. The number of ketones is 1. The second-order valence-electron chi connectivity index (χ2n) is 5.89. The van der Waals surface area contributed by atoms with Crippen molar-refractivity contribution in [3.05, 3.63) is 92.1 Å². The van der Waals surface area contributed by atoms with E-state index in [1.54, 1.807) is 24.3 Å². The van der Waals surface area contributed by atoms with Crippen LogP contribution in [0.4, 0.5) is 0 Å². The normalized spacial score (nSPS) is 19.9. The van der Waals surface area contributed by atoms with Crippen LogP contribution in [0.5, 0.6) is 0 Å². The molecule has 24 heavy (non-hydrogen) atoms. The van der Waals surface area contributed by atoms with Gasteiger partial charge in [0, 0.05) is 31.7 Å². The van der Waals surface area contributed by atoms with Gasteiger partial charge in [0.25, 0.3) is 0 Å². The summed E-state index contributed by atoms with van der Waals surface area (Å²) in [6, 6.07) is 15.3. The van der Waals surface area contributed by atoms with Gasteiger partial charge in [-0.3, -0.25) is 4.79 Å². The molecule has 0 saturated carbocycles. The summed E-state index contributed by atoms with van der Waals surface area (Å²) in [7, 11) is 0. The van der Waals surface area contributed by atoms with E-state index in [9.17, 15) is 4.79 Å². The topological polar surface area (TPSA) is 43.1 Å². The highest BCUT2D eigenvalue weighted by atomic mass is 127. The van der Waals surface area contributed by atoms with E-state index in [2.05, 4.69) is 40.8 Å². The maximum absolute atomic E-state index is 12.7. The summed E-state index contributed by atoms with van der Waals surface area (Å²) in [5.74, 6) is 0.113. The van der Waals surface area contributed by atoms with Crippen molar-refractivity contribution in [1.82, 2.24) is 0 Å². The Morgan fingerprint density at radius 1 is 1.17 bits per heavy atom. The Morgan fingerprint density at radius 2 is 1.92 bits per heavy atom.